The van der Waals surface area contributed by atoms with Crippen LogP contribution in [0.2, 0.25) is 0 Å². The number of hydrogen-bond acceptors (Lipinski definition) is 6. The number of benzene rings is 3. The average molecular weight is 511 g/mol. The van der Waals surface area contributed by atoms with E-state index in [-0.39, 0.29) is 4.90 Å². The molecule has 0 unspecified atom stereocenters. The summed E-state index contributed by atoms with van der Waals surface area (Å²) in [5, 5.41) is 1.22. The Morgan fingerprint density at radius 2 is 1.63 bits per heavy atom. The molecule has 0 radical (unpaired) electrons. The van der Waals surface area contributed by atoms with Gasteiger partial charge in [-0.15, -0.1) is 0 Å². The number of piperazine rings is 1. The Balaban J connectivity index is 1.16. The molecular weight excluding hydrogens is 483 g/mol. The number of fused-ring (bicyclic) bond motifs is 1. The van der Waals surface area contributed by atoms with E-state index < -0.39 is 15.8 Å². The molecule has 0 spiro atoms. The molecule has 3 aromatic carbocycles. The van der Waals surface area contributed by atoms with Gasteiger partial charge in [0.1, 0.15) is 16.5 Å². The lowest BCUT2D eigenvalue weighted by molar-refractivity contribution is 0.255. The van der Waals surface area contributed by atoms with Gasteiger partial charge in [0, 0.05) is 31.6 Å². The van der Waals surface area contributed by atoms with Gasteiger partial charge in [-0.1, -0.05) is 42.5 Å². The number of hydrogen-bond donors (Lipinski definition) is 1. The quantitative estimate of drug-likeness (QED) is 0.362. The van der Waals surface area contributed by atoms with Gasteiger partial charge in [-0.3, -0.25) is 9.62 Å². The number of nitrogens with one attached hydrogen (secondary N) is 1. The van der Waals surface area contributed by atoms with Crippen molar-refractivity contribution in [2.24, 2.45) is 0 Å². The third-order valence-corrected chi connectivity index (χ3v) is 8.55. The molecule has 1 fully saturated rings. The molecule has 4 aromatic rings. The zero-order valence-electron chi connectivity index (χ0n) is 19.2. The van der Waals surface area contributed by atoms with Crippen LogP contribution in [0.25, 0.3) is 10.1 Å². The van der Waals surface area contributed by atoms with E-state index in [0.29, 0.717) is 5.69 Å². The van der Waals surface area contributed by atoms with E-state index in [2.05, 4.69) is 37.1 Å². The molecule has 6 nitrogen and oxygen atoms in total. The van der Waals surface area contributed by atoms with Crippen LogP contribution in [0.5, 0.6) is 0 Å². The SMILES string of the molecule is O=S(=O)(Nc1ccccc1CCCN1CCN(c2nsc3ccccc23)CC1)c1ccccc1F. The molecule has 182 valence electrons. The average Bonchev–Trinajstić information content (AvgIpc) is 3.30. The summed E-state index contributed by atoms with van der Waals surface area (Å²) in [6.07, 6.45) is 1.63. The lowest BCUT2D eigenvalue weighted by Gasteiger charge is -2.35. The molecule has 1 aliphatic rings. The van der Waals surface area contributed by atoms with Crippen molar-refractivity contribution in [3.05, 3.63) is 84.2 Å². The molecule has 9 heteroatoms. The number of anilines is 2. The second-order valence-electron chi connectivity index (χ2n) is 8.63. The summed E-state index contributed by atoms with van der Waals surface area (Å²) in [5.74, 6) is 0.323. The van der Waals surface area contributed by atoms with Crippen molar-refractivity contribution in [1.29, 1.82) is 0 Å². The Hall–Kier alpha value is -3.01. The van der Waals surface area contributed by atoms with E-state index in [0.717, 1.165) is 63.0 Å². The zero-order valence-corrected chi connectivity index (χ0v) is 20.9. The molecule has 0 amide bonds. The number of aryl methyl sites for hydroxylation is 1. The second kappa shape index (κ2) is 10.3. The van der Waals surface area contributed by atoms with Gasteiger partial charge in [0.2, 0.25) is 0 Å². The number of aromatic nitrogens is 1. The van der Waals surface area contributed by atoms with E-state index in [1.165, 1.54) is 28.3 Å². The van der Waals surface area contributed by atoms with Crippen molar-refractivity contribution in [2.75, 3.05) is 42.3 Å². The van der Waals surface area contributed by atoms with Gasteiger partial charge in [-0.2, -0.15) is 4.37 Å². The molecule has 35 heavy (non-hydrogen) atoms. The topological polar surface area (TPSA) is 65.5 Å². The van der Waals surface area contributed by atoms with Crippen molar-refractivity contribution in [3.63, 3.8) is 0 Å². The van der Waals surface area contributed by atoms with E-state index in [4.69, 9.17) is 0 Å². The molecule has 0 bridgehead atoms. The van der Waals surface area contributed by atoms with Gasteiger partial charge < -0.3 is 4.90 Å². The van der Waals surface area contributed by atoms with Crippen LogP contribution in [0, 0.1) is 5.82 Å². The van der Waals surface area contributed by atoms with Crippen LogP contribution in [0.1, 0.15) is 12.0 Å². The molecule has 1 aliphatic heterocycles. The molecule has 1 N–H and O–H groups in total. The summed E-state index contributed by atoms with van der Waals surface area (Å²) in [7, 11) is -4.00. The van der Waals surface area contributed by atoms with Crippen molar-refractivity contribution >= 4 is 43.1 Å². The highest BCUT2D eigenvalue weighted by Gasteiger charge is 2.22. The summed E-state index contributed by atoms with van der Waals surface area (Å²) >= 11 is 1.55. The highest BCUT2D eigenvalue weighted by Crippen LogP contribution is 2.30. The Labute approximate surface area is 209 Å². The third kappa shape index (κ3) is 5.32. The third-order valence-electron chi connectivity index (χ3n) is 6.34. The minimum absolute atomic E-state index is 0.347. The monoisotopic (exact) mass is 510 g/mol. The van der Waals surface area contributed by atoms with E-state index in [1.807, 2.05) is 18.2 Å². The van der Waals surface area contributed by atoms with Crippen molar-refractivity contribution in [3.8, 4) is 0 Å². The molecular formula is C26H27FN4O2S2. The fourth-order valence-corrected chi connectivity index (χ4v) is 6.45. The number of sulfonamides is 1. The van der Waals surface area contributed by atoms with Crippen LogP contribution < -0.4 is 9.62 Å². The first-order valence-electron chi connectivity index (χ1n) is 11.7. The van der Waals surface area contributed by atoms with Crippen LogP contribution in [0.4, 0.5) is 15.9 Å². The Kier molecular flexibility index (Phi) is 6.99. The standard InChI is InChI=1S/C26H27FN4O2S2/c27-22-11-3-6-14-25(22)35(32,33)29-23-12-4-1-8-20(23)9-7-15-30-16-18-31(19-17-30)26-21-10-2-5-13-24(21)34-28-26/h1-6,8,10-14,29H,7,9,15-19H2. The molecule has 2 heterocycles. The van der Waals surface area contributed by atoms with Crippen LogP contribution in [-0.2, 0) is 16.4 Å². The first-order chi connectivity index (χ1) is 17.0. The maximum atomic E-state index is 14.1. The fraction of sp³-hybridized carbons (Fsp3) is 0.269. The minimum Gasteiger partial charge on any atom is -0.353 e. The highest BCUT2D eigenvalue weighted by atomic mass is 32.2. The van der Waals surface area contributed by atoms with Crippen molar-refractivity contribution in [2.45, 2.75) is 17.7 Å². The summed E-state index contributed by atoms with van der Waals surface area (Å²) in [6.45, 7) is 4.74. The molecule has 0 atom stereocenters. The normalized spacial score (nSPS) is 14.9. The fourth-order valence-electron chi connectivity index (χ4n) is 4.48. The maximum Gasteiger partial charge on any atom is 0.264 e. The largest absolute Gasteiger partial charge is 0.353 e. The van der Waals surface area contributed by atoms with E-state index in [1.54, 1.807) is 23.7 Å². The summed E-state index contributed by atoms with van der Waals surface area (Å²) in [6, 6.07) is 21.1. The van der Waals surface area contributed by atoms with Crippen molar-refractivity contribution < 1.29 is 12.8 Å². The predicted molar refractivity (Wildman–Crippen MR) is 140 cm³/mol. The van der Waals surface area contributed by atoms with Crippen LogP contribution in [-0.4, -0.2) is 50.4 Å². The molecule has 0 saturated carbocycles. The second-order valence-corrected chi connectivity index (χ2v) is 11.1. The van der Waals surface area contributed by atoms with E-state index in [9.17, 15) is 12.8 Å². The molecule has 5 rings (SSSR count). The number of para-hydroxylation sites is 1. The lowest BCUT2D eigenvalue weighted by Crippen LogP contribution is -2.46. The van der Waals surface area contributed by atoms with Gasteiger partial charge in [0.15, 0.2) is 0 Å². The Morgan fingerprint density at radius 3 is 2.46 bits per heavy atom. The van der Waals surface area contributed by atoms with Gasteiger partial charge in [-0.25, -0.2) is 12.8 Å². The number of rotatable bonds is 8. The van der Waals surface area contributed by atoms with E-state index >= 15 is 0 Å². The summed E-state index contributed by atoms with van der Waals surface area (Å²) < 4.78 is 48.0. The Bertz CT molecular complexity index is 1420. The van der Waals surface area contributed by atoms with Gasteiger partial charge in [0.25, 0.3) is 10.0 Å². The smallest absolute Gasteiger partial charge is 0.264 e. The van der Waals surface area contributed by atoms with Crippen molar-refractivity contribution in [1.82, 2.24) is 9.27 Å². The Morgan fingerprint density at radius 1 is 0.914 bits per heavy atom. The van der Waals surface area contributed by atoms with Crippen LogP contribution in [0.15, 0.2) is 77.7 Å². The number of nitrogens with zero attached hydrogens (tertiary/aromatic N) is 3. The van der Waals surface area contributed by atoms with Gasteiger partial charge in [0.05, 0.1) is 10.4 Å². The highest BCUT2D eigenvalue weighted by molar-refractivity contribution is 7.92. The zero-order chi connectivity index (χ0) is 24.3. The van der Waals surface area contributed by atoms with Crippen LogP contribution in [0.3, 0.4) is 0 Å². The first-order valence-corrected chi connectivity index (χ1v) is 13.9. The first kappa shape index (κ1) is 23.7. The summed E-state index contributed by atoms with van der Waals surface area (Å²) in [5.41, 5.74) is 1.40. The molecule has 1 saturated heterocycles. The lowest BCUT2D eigenvalue weighted by atomic mass is 10.1. The minimum atomic E-state index is -4.00. The number of halogens is 1. The predicted octanol–water partition coefficient (Wildman–Crippen LogP) is 4.99. The maximum absolute atomic E-state index is 14.1. The van der Waals surface area contributed by atoms with Gasteiger partial charge in [-0.05, 0) is 66.8 Å². The van der Waals surface area contributed by atoms with Crippen LogP contribution >= 0.6 is 11.5 Å². The van der Waals surface area contributed by atoms with Gasteiger partial charge >= 0.3 is 0 Å². The molecule has 1 aromatic heterocycles. The molecule has 0 aliphatic carbocycles. The summed E-state index contributed by atoms with van der Waals surface area (Å²) in [4.78, 5) is 4.46.